The molecule has 0 aromatic heterocycles. The second-order valence-corrected chi connectivity index (χ2v) is 7.68. The van der Waals surface area contributed by atoms with Gasteiger partial charge >= 0.3 is 5.97 Å². The van der Waals surface area contributed by atoms with Gasteiger partial charge < -0.3 is 9.84 Å². The zero-order valence-corrected chi connectivity index (χ0v) is 13.7. The summed E-state index contributed by atoms with van der Waals surface area (Å²) in [4.78, 5) is 11.1. The van der Waals surface area contributed by atoms with Gasteiger partial charge in [-0.25, -0.2) is 8.42 Å². The fraction of sp³-hybridized carbons (Fsp3) is 0.462. The molecule has 1 unspecified atom stereocenters. The van der Waals surface area contributed by atoms with Crippen LogP contribution in [0.2, 0.25) is 5.02 Å². The second-order valence-electron chi connectivity index (χ2n) is 5.55. The Labute approximate surface area is 129 Å². The first-order chi connectivity index (χ1) is 9.49. The minimum atomic E-state index is -4.01. The maximum atomic E-state index is 12.3. The normalized spacial score (nSPS) is 13.8. The van der Waals surface area contributed by atoms with Crippen molar-refractivity contribution in [3.63, 3.8) is 0 Å². The Balaban J connectivity index is 3.17. The van der Waals surface area contributed by atoms with Crippen LogP contribution in [0.5, 0.6) is 5.75 Å². The number of carboxylic acid groups (broad SMARTS) is 1. The van der Waals surface area contributed by atoms with Crippen molar-refractivity contribution in [1.29, 1.82) is 0 Å². The molecule has 2 N–H and O–H groups in total. The Kier molecular flexibility index (Phi) is 5.25. The molecular formula is C13H18ClNO5S. The lowest BCUT2D eigenvalue weighted by atomic mass is 9.88. The van der Waals surface area contributed by atoms with Crippen molar-refractivity contribution in [2.24, 2.45) is 5.41 Å². The third-order valence-electron chi connectivity index (χ3n) is 2.82. The van der Waals surface area contributed by atoms with E-state index >= 15 is 0 Å². The molecule has 0 aliphatic rings. The summed E-state index contributed by atoms with van der Waals surface area (Å²) in [7, 11) is -2.60. The highest BCUT2D eigenvalue weighted by Crippen LogP contribution is 2.28. The van der Waals surface area contributed by atoms with Crippen LogP contribution in [-0.4, -0.2) is 32.6 Å². The topological polar surface area (TPSA) is 92.7 Å². The molecule has 0 bridgehead atoms. The van der Waals surface area contributed by atoms with Crippen LogP contribution < -0.4 is 9.46 Å². The number of hydrogen-bond acceptors (Lipinski definition) is 4. The first kappa shape index (κ1) is 17.7. The molecule has 1 aromatic rings. The maximum absolute atomic E-state index is 12.3. The van der Waals surface area contributed by atoms with E-state index in [1.54, 1.807) is 20.8 Å². The summed E-state index contributed by atoms with van der Waals surface area (Å²) in [5.41, 5.74) is -0.783. The van der Waals surface area contributed by atoms with Crippen LogP contribution in [-0.2, 0) is 14.8 Å². The van der Waals surface area contributed by atoms with Crippen molar-refractivity contribution in [3.8, 4) is 5.75 Å². The molecule has 0 saturated heterocycles. The minimum absolute atomic E-state index is 0.121. The molecule has 0 spiro atoms. The van der Waals surface area contributed by atoms with Gasteiger partial charge in [-0.05, 0) is 23.6 Å². The Hall–Kier alpha value is -1.31. The third-order valence-corrected chi connectivity index (χ3v) is 4.54. The molecule has 21 heavy (non-hydrogen) atoms. The molecule has 0 amide bonds. The summed E-state index contributed by atoms with van der Waals surface area (Å²) >= 11 is 5.89. The number of ether oxygens (including phenoxy) is 1. The van der Waals surface area contributed by atoms with Crippen LogP contribution in [0.25, 0.3) is 0 Å². The molecule has 0 saturated carbocycles. The van der Waals surface area contributed by atoms with Gasteiger partial charge in [0.05, 0.1) is 17.0 Å². The number of nitrogens with one attached hydrogen (secondary N) is 1. The van der Waals surface area contributed by atoms with Crippen molar-refractivity contribution >= 4 is 27.6 Å². The highest BCUT2D eigenvalue weighted by Gasteiger charge is 2.35. The van der Waals surface area contributed by atoms with E-state index in [1.807, 2.05) is 0 Å². The van der Waals surface area contributed by atoms with Gasteiger partial charge in [-0.15, -0.1) is 0 Å². The molecule has 1 atom stereocenters. The summed E-state index contributed by atoms with van der Waals surface area (Å²) in [5.74, 6) is -0.910. The van der Waals surface area contributed by atoms with Gasteiger partial charge in [-0.3, -0.25) is 4.79 Å². The van der Waals surface area contributed by atoms with Crippen LogP contribution in [0.4, 0.5) is 0 Å². The molecule has 6 nitrogen and oxygen atoms in total. The number of hydrogen-bond donors (Lipinski definition) is 2. The minimum Gasteiger partial charge on any atom is -0.495 e. The molecule has 118 valence electrons. The maximum Gasteiger partial charge on any atom is 0.322 e. The van der Waals surface area contributed by atoms with Gasteiger partial charge in [0.15, 0.2) is 0 Å². The smallest absolute Gasteiger partial charge is 0.322 e. The van der Waals surface area contributed by atoms with Crippen molar-refractivity contribution < 1.29 is 23.1 Å². The molecule has 1 aromatic carbocycles. The van der Waals surface area contributed by atoms with Crippen molar-refractivity contribution in [1.82, 2.24) is 4.72 Å². The Morgan fingerprint density at radius 1 is 1.38 bits per heavy atom. The summed E-state index contributed by atoms with van der Waals surface area (Å²) in [6.45, 7) is 4.90. The lowest BCUT2D eigenvalue weighted by molar-refractivity contribution is -0.141. The van der Waals surface area contributed by atoms with E-state index in [1.165, 1.54) is 25.3 Å². The van der Waals surface area contributed by atoms with Gasteiger partial charge in [0.2, 0.25) is 10.0 Å². The van der Waals surface area contributed by atoms with Gasteiger partial charge in [0.1, 0.15) is 11.8 Å². The molecule has 0 heterocycles. The van der Waals surface area contributed by atoms with E-state index in [-0.39, 0.29) is 9.92 Å². The van der Waals surface area contributed by atoms with E-state index in [4.69, 9.17) is 16.3 Å². The van der Waals surface area contributed by atoms with Crippen LogP contribution in [0, 0.1) is 5.41 Å². The van der Waals surface area contributed by atoms with Gasteiger partial charge in [0.25, 0.3) is 0 Å². The molecule has 0 fully saturated rings. The Morgan fingerprint density at radius 3 is 2.33 bits per heavy atom. The monoisotopic (exact) mass is 335 g/mol. The van der Waals surface area contributed by atoms with Crippen molar-refractivity contribution in [2.75, 3.05) is 7.11 Å². The highest BCUT2D eigenvalue weighted by atomic mass is 35.5. The Morgan fingerprint density at radius 2 is 1.95 bits per heavy atom. The summed E-state index contributed by atoms with van der Waals surface area (Å²) in [6, 6.07) is 2.66. The lowest BCUT2D eigenvalue weighted by Crippen LogP contribution is -2.48. The van der Waals surface area contributed by atoms with Gasteiger partial charge in [0, 0.05) is 0 Å². The average molecular weight is 336 g/mol. The van der Waals surface area contributed by atoms with Gasteiger partial charge in [-0.2, -0.15) is 4.72 Å². The molecule has 8 heteroatoms. The SMILES string of the molecule is COc1ccc(S(=O)(=O)NC(C(=O)O)C(C)(C)C)cc1Cl. The molecule has 0 aliphatic heterocycles. The number of methoxy groups -OCH3 is 1. The van der Waals surface area contributed by atoms with E-state index in [2.05, 4.69) is 4.72 Å². The van der Waals surface area contributed by atoms with E-state index in [0.717, 1.165) is 0 Å². The van der Waals surface area contributed by atoms with Crippen LogP contribution in [0.1, 0.15) is 20.8 Å². The largest absolute Gasteiger partial charge is 0.495 e. The van der Waals surface area contributed by atoms with Crippen LogP contribution in [0.15, 0.2) is 23.1 Å². The molecule has 0 aliphatic carbocycles. The van der Waals surface area contributed by atoms with E-state index in [9.17, 15) is 18.3 Å². The standard InChI is InChI=1S/C13H18ClNO5S/c1-13(2,3)11(12(16)17)15-21(18,19)8-5-6-10(20-4)9(14)7-8/h5-7,11,15H,1-4H3,(H,16,17). The number of sulfonamides is 1. The number of carboxylic acids is 1. The van der Waals surface area contributed by atoms with E-state index < -0.39 is 27.4 Å². The summed E-state index contributed by atoms with van der Waals surface area (Å²) in [5, 5.41) is 9.31. The Bertz CT molecular complexity index is 636. The molecule has 1 rings (SSSR count). The predicted molar refractivity (Wildman–Crippen MR) is 79.2 cm³/mol. The second kappa shape index (κ2) is 6.21. The fourth-order valence-electron chi connectivity index (χ4n) is 1.64. The van der Waals surface area contributed by atoms with Gasteiger partial charge in [-0.1, -0.05) is 32.4 Å². The quantitative estimate of drug-likeness (QED) is 0.859. The zero-order valence-electron chi connectivity index (χ0n) is 12.2. The zero-order chi connectivity index (χ0) is 16.4. The number of benzene rings is 1. The number of aliphatic carboxylic acids is 1. The van der Waals surface area contributed by atoms with Crippen molar-refractivity contribution in [3.05, 3.63) is 23.2 Å². The summed E-state index contributed by atoms with van der Waals surface area (Å²) < 4.78 is 31.7. The highest BCUT2D eigenvalue weighted by molar-refractivity contribution is 7.89. The van der Waals surface area contributed by atoms with Crippen LogP contribution in [0.3, 0.4) is 0 Å². The number of rotatable bonds is 5. The molecular weight excluding hydrogens is 318 g/mol. The first-order valence-corrected chi connectivity index (χ1v) is 7.94. The average Bonchev–Trinajstić information content (AvgIpc) is 2.34. The van der Waals surface area contributed by atoms with Crippen molar-refractivity contribution in [2.45, 2.75) is 31.7 Å². The third kappa shape index (κ3) is 4.33. The summed E-state index contributed by atoms with van der Waals surface area (Å²) in [6.07, 6.45) is 0. The number of halogens is 1. The van der Waals surface area contributed by atoms with Crippen LogP contribution >= 0.6 is 11.6 Å². The fourth-order valence-corrected chi connectivity index (χ4v) is 3.38. The lowest BCUT2D eigenvalue weighted by Gasteiger charge is -2.27. The predicted octanol–water partition coefficient (Wildman–Crippen LogP) is 2.13. The molecule has 0 radical (unpaired) electrons. The first-order valence-electron chi connectivity index (χ1n) is 6.07. The number of carbonyl (C=O) groups is 1. The van der Waals surface area contributed by atoms with E-state index in [0.29, 0.717) is 5.75 Å².